The number of amides is 1. The molecular formula is C26H35ClN2O2. The number of hydrogen-bond donors (Lipinski definition) is 1. The Kier molecular flexibility index (Phi) is 10.6. The Hall–Kier alpha value is -2.33. The number of fused-ring (bicyclic) bond motifs is 1. The zero-order valence-corrected chi connectivity index (χ0v) is 20.0. The number of halogens is 1. The largest absolute Gasteiger partial charge is 0.439 e. The Morgan fingerprint density at radius 2 is 1.97 bits per heavy atom. The number of allylic oxidation sites excluding steroid dienone is 2. The van der Waals surface area contributed by atoms with Gasteiger partial charge in [-0.15, -0.1) is 0 Å². The first-order valence-corrected chi connectivity index (χ1v) is 11.7. The molecule has 5 heteroatoms. The van der Waals surface area contributed by atoms with Gasteiger partial charge in [0.2, 0.25) is 11.8 Å². The second-order valence-corrected chi connectivity index (χ2v) is 8.78. The summed E-state index contributed by atoms with van der Waals surface area (Å²) in [6.45, 7) is 8.91. The standard InChI is InChI=1S/C26H35ClN2O2/c1-5-6-7-8-9-10-11-12-23(17-25(30)28-18-19(2)3)31-26-20(4)15-21-16-22(27)13-14-24(21)29-26/h11-17,19H,5-10,18H2,1-4H3,(H,28,30)/b12-11+,23-17+. The molecule has 0 radical (unpaired) electrons. The minimum Gasteiger partial charge on any atom is -0.439 e. The molecule has 1 aromatic heterocycles. The van der Waals surface area contributed by atoms with Crippen molar-refractivity contribution in [3.63, 3.8) is 0 Å². The molecule has 1 amide bonds. The topological polar surface area (TPSA) is 51.2 Å². The van der Waals surface area contributed by atoms with Crippen molar-refractivity contribution in [3.05, 3.63) is 58.8 Å². The van der Waals surface area contributed by atoms with Crippen LogP contribution in [0.3, 0.4) is 0 Å². The average Bonchev–Trinajstić information content (AvgIpc) is 2.72. The molecule has 0 bridgehead atoms. The minimum absolute atomic E-state index is 0.165. The van der Waals surface area contributed by atoms with Crippen molar-refractivity contribution in [2.75, 3.05) is 6.54 Å². The molecule has 1 aromatic carbocycles. The maximum atomic E-state index is 12.4. The maximum absolute atomic E-state index is 12.4. The van der Waals surface area contributed by atoms with Gasteiger partial charge in [0.25, 0.3) is 0 Å². The molecule has 1 heterocycles. The van der Waals surface area contributed by atoms with Crippen molar-refractivity contribution < 1.29 is 9.53 Å². The highest BCUT2D eigenvalue weighted by atomic mass is 35.5. The Morgan fingerprint density at radius 3 is 2.71 bits per heavy atom. The van der Waals surface area contributed by atoms with E-state index >= 15 is 0 Å². The van der Waals surface area contributed by atoms with Gasteiger partial charge in [-0.1, -0.05) is 64.1 Å². The van der Waals surface area contributed by atoms with Crippen LogP contribution in [0.2, 0.25) is 5.02 Å². The fourth-order valence-electron chi connectivity index (χ4n) is 3.11. The van der Waals surface area contributed by atoms with Crippen LogP contribution in [0.4, 0.5) is 0 Å². The van der Waals surface area contributed by atoms with Crippen LogP contribution >= 0.6 is 11.6 Å². The Morgan fingerprint density at radius 1 is 1.19 bits per heavy atom. The van der Waals surface area contributed by atoms with E-state index in [1.807, 2.05) is 37.3 Å². The van der Waals surface area contributed by atoms with E-state index in [1.54, 1.807) is 0 Å². The van der Waals surface area contributed by atoms with E-state index in [9.17, 15) is 4.79 Å². The first-order valence-electron chi connectivity index (χ1n) is 11.3. The molecule has 4 nitrogen and oxygen atoms in total. The van der Waals surface area contributed by atoms with Crippen molar-refractivity contribution >= 4 is 28.4 Å². The Balaban J connectivity index is 2.15. The van der Waals surface area contributed by atoms with Gasteiger partial charge in [-0.2, -0.15) is 0 Å². The van der Waals surface area contributed by atoms with Crippen LogP contribution in [0.15, 0.2) is 48.3 Å². The van der Waals surface area contributed by atoms with E-state index in [2.05, 4.69) is 37.1 Å². The van der Waals surface area contributed by atoms with E-state index < -0.39 is 0 Å². The lowest BCUT2D eigenvalue weighted by molar-refractivity contribution is -0.116. The summed E-state index contributed by atoms with van der Waals surface area (Å²) in [5.41, 5.74) is 1.68. The fourth-order valence-corrected chi connectivity index (χ4v) is 3.29. The van der Waals surface area contributed by atoms with Gasteiger partial charge < -0.3 is 10.1 Å². The number of rotatable bonds is 12. The van der Waals surface area contributed by atoms with Crippen LogP contribution in [-0.4, -0.2) is 17.4 Å². The quantitative estimate of drug-likeness (QED) is 0.164. The monoisotopic (exact) mass is 442 g/mol. The van der Waals surface area contributed by atoms with Gasteiger partial charge in [-0.3, -0.25) is 4.79 Å². The maximum Gasteiger partial charge on any atom is 0.247 e. The van der Waals surface area contributed by atoms with Crippen molar-refractivity contribution in [3.8, 4) is 5.88 Å². The number of unbranched alkanes of at least 4 members (excludes halogenated alkanes) is 5. The number of carbonyl (C=O) groups excluding carboxylic acids is 1. The molecule has 0 saturated heterocycles. The Labute approximate surface area is 191 Å². The number of nitrogens with one attached hydrogen (secondary N) is 1. The lowest BCUT2D eigenvalue weighted by Crippen LogP contribution is -2.26. The molecule has 0 saturated carbocycles. The third-order valence-electron chi connectivity index (χ3n) is 4.85. The average molecular weight is 443 g/mol. The minimum atomic E-state index is -0.165. The van der Waals surface area contributed by atoms with E-state index in [-0.39, 0.29) is 5.91 Å². The van der Waals surface area contributed by atoms with Gasteiger partial charge in [-0.25, -0.2) is 4.98 Å². The molecule has 0 atom stereocenters. The smallest absolute Gasteiger partial charge is 0.247 e. The summed E-state index contributed by atoms with van der Waals surface area (Å²) in [7, 11) is 0. The number of benzene rings is 1. The second kappa shape index (κ2) is 13.2. The summed E-state index contributed by atoms with van der Waals surface area (Å²) in [5.74, 6) is 1.20. The van der Waals surface area contributed by atoms with Crippen LogP contribution in [-0.2, 0) is 4.79 Å². The summed E-state index contributed by atoms with van der Waals surface area (Å²) < 4.78 is 6.08. The second-order valence-electron chi connectivity index (χ2n) is 8.34. The SMILES string of the molecule is CCCCCCC/C=C/C(=C\C(=O)NCC(C)C)Oc1nc2ccc(Cl)cc2cc1C. The number of carbonyl (C=O) groups is 1. The molecule has 0 unspecified atom stereocenters. The predicted molar refractivity (Wildman–Crippen MR) is 131 cm³/mol. The third kappa shape index (κ3) is 9.14. The fraction of sp³-hybridized carbons (Fsp3) is 0.462. The number of aryl methyl sites for hydroxylation is 1. The van der Waals surface area contributed by atoms with E-state index in [0.717, 1.165) is 29.3 Å². The summed E-state index contributed by atoms with van der Waals surface area (Å²) in [6, 6.07) is 7.56. The number of aromatic nitrogens is 1. The number of hydrogen-bond acceptors (Lipinski definition) is 3. The van der Waals surface area contributed by atoms with Crippen molar-refractivity contribution in [2.45, 2.75) is 66.2 Å². The van der Waals surface area contributed by atoms with Gasteiger partial charge in [0, 0.05) is 28.6 Å². The molecule has 0 spiro atoms. The molecule has 0 aliphatic heterocycles. The van der Waals surface area contributed by atoms with Gasteiger partial charge >= 0.3 is 0 Å². The van der Waals surface area contributed by atoms with E-state index in [4.69, 9.17) is 16.3 Å². The first kappa shape index (κ1) is 24.9. The zero-order chi connectivity index (χ0) is 22.6. The molecule has 2 aromatic rings. The molecule has 0 aliphatic carbocycles. The number of ether oxygens (including phenoxy) is 1. The third-order valence-corrected chi connectivity index (χ3v) is 5.08. The van der Waals surface area contributed by atoms with Crippen molar-refractivity contribution in [1.29, 1.82) is 0 Å². The zero-order valence-electron chi connectivity index (χ0n) is 19.2. The van der Waals surface area contributed by atoms with Crippen LogP contribution in [0.5, 0.6) is 5.88 Å². The molecule has 2 rings (SSSR count). The molecule has 168 valence electrons. The van der Waals surface area contributed by atoms with Gasteiger partial charge in [0.15, 0.2) is 0 Å². The number of nitrogens with zero attached hydrogens (tertiary/aromatic N) is 1. The summed E-state index contributed by atoms with van der Waals surface area (Å²) in [5, 5.41) is 4.54. The van der Waals surface area contributed by atoms with Crippen LogP contribution in [0, 0.1) is 12.8 Å². The highest BCUT2D eigenvalue weighted by molar-refractivity contribution is 6.31. The molecule has 0 fully saturated rings. The summed E-state index contributed by atoms with van der Waals surface area (Å²) in [6.07, 6.45) is 12.6. The predicted octanol–water partition coefficient (Wildman–Crippen LogP) is 7.15. The van der Waals surface area contributed by atoms with E-state index in [0.29, 0.717) is 29.1 Å². The summed E-state index contributed by atoms with van der Waals surface area (Å²) in [4.78, 5) is 17.0. The highest BCUT2D eigenvalue weighted by Gasteiger charge is 2.09. The molecule has 1 N–H and O–H groups in total. The summed E-state index contributed by atoms with van der Waals surface area (Å²) >= 11 is 6.09. The Bertz CT molecular complexity index is 919. The van der Waals surface area contributed by atoms with Crippen LogP contribution in [0.1, 0.15) is 64.9 Å². The van der Waals surface area contributed by atoms with Crippen LogP contribution in [0.25, 0.3) is 10.9 Å². The van der Waals surface area contributed by atoms with Gasteiger partial charge in [-0.05, 0) is 56.0 Å². The highest BCUT2D eigenvalue weighted by Crippen LogP contribution is 2.25. The van der Waals surface area contributed by atoms with Gasteiger partial charge in [0.05, 0.1) is 5.52 Å². The molecule has 0 aliphatic rings. The first-order chi connectivity index (χ1) is 14.9. The lowest BCUT2D eigenvalue weighted by atomic mass is 10.1. The van der Waals surface area contributed by atoms with Gasteiger partial charge in [0.1, 0.15) is 5.76 Å². The lowest BCUT2D eigenvalue weighted by Gasteiger charge is -2.11. The molecule has 31 heavy (non-hydrogen) atoms. The normalized spacial score (nSPS) is 12.1. The van der Waals surface area contributed by atoms with Crippen molar-refractivity contribution in [2.24, 2.45) is 5.92 Å². The number of pyridine rings is 1. The van der Waals surface area contributed by atoms with Crippen molar-refractivity contribution in [1.82, 2.24) is 10.3 Å². The van der Waals surface area contributed by atoms with Crippen LogP contribution < -0.4 is 10.1 Å². The van der Waals surface area contributed by atoms with E-state index in [1.165, 1.54) is 31.8 Å². The molecular weight excluding hydrogens is 408 g/mol.